The summed E-state index contributed by atoms with van der Waals surface area (Å²) in [5.41, 5.74) is 4.94. The molecule has 3 N–H and O–H groups in total. The molecule has 0 saturated carbocycles. The number of nitrogen functional groups attached to an aromatic ring is 1. The number of rotatable bonds is 10. The quantitative estimate of drug-likeness (QED) is 0.330. The van der Waals surface area contributed by atoms with E-state index in [0.29, 0.717) is 30.5 Å². The second-order valence-corrected chi connectivity index (χ2v) is 11.3. The van der Waals surface area contributed by atoms with Crippen molar-refractivity contribution in [3.8, 4) is 17.2 Å². The molecule has 1 fully saturated rings. The largest absolute Gasteiger partial charge is 0.486 e. The van der Waals surface area contributed by atoms with Crippen LogP contribution in [-0.4, -0.2) is 58.9 Å². The number of alkyl halides is 1. The van der Waals surface area contributed by atoms with Crippen LogP contribution in [0.5, 0.6) is 17.2 Å². The van der Waals surface area contributed by atoms with E-state index < -0.39 is 37.8 Å². The third-order valence-corrected chi connectivity index (χ3v) is 8.21. The van der Waals surface area contributed by atoms with Crippen LogP contribution in [0.25, 0.3) is 0 Å². The maximum atomic E-state index is 14.9. The summed E-state index contributed by atoms with van der Waals surface area (Å²) in [5, 5.41) is 2.01. The predicted octanol–water partition coefficient (Wildman–Crippen LogP) is 3.19. The molecule has 37 heavy (non-hydrogen) atoms. The Morgan fingerprint density at radius 3 is 2.86 bits per heavy atom. The van der Waals surface area contributed by atoms with Crippen molar-refractivity contribution >= 4 is 32.1 Å². The number of carbonyl (C=O) groups is 1. The van der Waals surface area contributed by atoms with Crippen molar-refractivity contribution < 1.29 is 32.4 Å². The number of ether oxygens (including phenoxy) is 3. The lowest BCUT2D eigenvalue weighted by Crippen LogP contribution is -2.35. The molecule has 2 aromatic rings. The molecule has 5 atom stereocenters. The summed E-state index contributed by atoms with van der Waals surface area (Å²) in [6, 6.07) is 5.97. The Balaban J connectivity index is 1.45. The first kappa shape index (κ1) is 27.4. The molecule has 11 nitrogen and oxygen atoms in total. The van der Waals surface area contributed by atoms with Gasteiger partial charge in [-0.1, -0.05) is 6.07 Å². The number of nitrogens with two attached hydrogens (primary N) is 1. The highest BCUT2D eigenvalue weighted by Crippen LogP contribution is 2.48. The Morgan fingerprint density at radius 1 is 1.32 bits per heavy atom. The molecular formula is C23H30FN4O7PS. The maximum absolute atomic E-state index is 14.9. The Morgan fingerprint density at radius 2 is 2.11 bits per heavy atom. The van der Waals surface area contributed by atoms with Gasteiger partial charge in [-0.05, 0) is 45.4 Å². The van der Waals surface area contributed by atoms with E-state index in [2.05, 4.69) is 10.1 Å². The predicted molar refractivity (Wildman–Crippen MR) is 138 cm³/mol. The highest BCUT2D eigenvalue weighted by Gasteiger charge is 2.38. The number of benzene rings is 1. The fourth-order valence-corrected chi connectivity index (χ4v) is 6.42. The van der Waals surface area contributed by atoms with E-state index >= 15 is 0 Å². The average Bonchev–Trinajstić information content (AvgIpc) is 3.22. The standard InChI is InChI=1S/C23H30FN4O7PS/c1-13(2)34-22(29)14(3)27-36(35-18-6-4-5-17-20(18)32-10-9-31-17)33-12-15-11-16(24)21(37-15)28-8-7-19(25)26-23(28)30/h4-8,13-16,21,27H,9-12H2,1-3H3,(H2,25,26,30). The van der Waals surface area contributed by atoms with Gasteiger partial charge in [0.2, 0.25) is 5.75 Å². The number of aromatic nitrogens is 2. The van der Waals surface area contributed by atoms with Gasteiger partial charge in [0, 0.05) is 11.4 Å². The van der Waals surface area contributed by atoms with Crippen molar-refractivity contribution in [2.45, 2.75) is 56.1 Å². The number of anilines is 1. The smallest absolute Gasteiger partial charge is 0.350 e. The summed E-state index contributed by atoms with van der Waals surface area (Å²) in [6.45, 7) is 6.07. The van der Waals surface area contributed by atoms with Gasteiger partial charge in [0.05, 0.1) is 12.7 Å². The molecular weight excluding hydrogens is 526 g/mol. The normalized spacial score (nSPS) is 22.5. The molecule has 0 amide bonds. The van der Waals surface area contributed by atoms with Crippen LogP contribution >= 0.6 is 20.3 Å². The van der Waals surface area contributed by atoms with Crippen molar-refractivity contribution in [1.29, 1.82) is 0 Å². The first-order valence-electron chi connectivity index (χ1n) is 11.8. The average molecular weight is 557 g/mol. The zero-order valence-corrected chi connectivity index (χ0v) is 22.4. The van der Waals surface area contributed by atoms with Crippen LogP contribution in [0.3, 0.4) is 0 Å². The summed E-state index contributed by atoms with van der Waals surface area (Å²) in [4.78, 5) is 28.3. The molecule has 4 rings (SSSR count). The van der Waals surface area contributed by atoms with Gasteiger partial charge in [0.25, 0.3) is 0 Å². The molecule has 0 aliphatic carbocycles. The lowest BCUT2D eigenvalue weighted by Gasteiger charge is -2.26. The van der Waals surface area contributed by atoms with Gasteiger partial charge in [-0.2, -0.15) is 4.98 Å². The summed E-state index contributed by atoms with van der Waals surface area (Å²) in [5.74, 6) is 0.996. The molecule has 3 heterocycles. The van der Waals surface area contributed by atoms with Gasteiger partial charge in [-0.15, -0.1) is 11.8 Å². The zero-order chi connectivity index (χ0) is 26.5. The van der Waals surface area contributed by atoms with Gasteiger partial charge in [-0.25, -0.2) is 14.3 Å². The van der Waals surface area contributed by atoms with E-state index in [4.69, 9.17) is 29.0 Å². The number of hydrogen-bond acceptors (Lipinski definition) is 11. The van der Waals surface area contributed by atoms with Gasteiger partial charge in [0.1, 0.15) is 36.6 Å². The lowest BCUT2D eigenvalue weighted by molar-refractivity contribution is -0.149. The SMILES string of the molecule is CC(C)OC(=O)C(C)NP(OCC1CC(F)C(n2ccc(N)nc2=O)S1)Oc1cccc2c1OCCO2. The minimum Gasteiger partial charge on any atom is -0.486 e. The van der Waals surface area contributed by atoms with Crippen molar-refractivity contribution in [2.75, 3.05) is 25.6 Å². The molecule has 2 aliphatic heterocycles. The molecule has 1 aromatic heterocycles. The van der Waals surface area contributed by atoms with Crippen LogP contribution in [0.2, 0.25) is 0 Å². The second-order valence-electron chi connectivity index (χ2n) is 8.70. The van der Waals surface area contributed by atoms with Gasteiger partial charge < -0.3 is 29.0 Å². The molecule has 0 spiro atoms. The highest BCUT2D eigenvalue weighted by molar-refractivity contribution is 8.00. The fourth-order valence-electron chi connectivity index (χ4n) is 3.67. The third kappa shape index (κ3) is 7.04. The Kier molecular flexibility index (Phi) is 9.12. The highest BCUT2D eigenvalue weighted by atomic mass is 32.2. The number of nitrogens with zero attached hydrogens (tertiary/aromatic N) is 2. The summed E-state index contributed by atoms with van der Waals surface area (Å²) < 4.78 is 44.9. The molecule has 1 aromatic carbocycles. The number of thioether (sulfide) groups is 1. The molecule has 202 valence electrons. The molecule has 1 saturated heterocycles. The van der Waals surface area contributed by atoms with Gasteiger partial charge in [-0.3, -0.25) is 9.36 Å². The maximum Gasteiger partial charge on any atom is 0.350 e. The monoisotopic (exact) mass is 556 g/mol. The number of fused-ring (bicyclic) bond motifs is 1. The molecule has 0 bridgehead atoms. The van der Waals surface area contributed by atoms with Gasteiger partial charge >= 0.3 is 20.2 Å². The van der Waals surface area contributed by atoms with Gasteiger partial charge in [0.15, 0.2) is 11.5 Å². The Labute approximate surface area is 219 Å². The van der Waals surface area contributed by atoms with E-state index in [1.165, 1.54) is 28.6 Å². The van der Waals surface area contributed by atoms with Crippen molar-refractivity contribution in [2.24, 2.45) is 0 Å². The lowest BCUT2D eigenvalue weighted by atomic mass is 10.2. The minimum absolute atomic E-state index is 0.0796. The van der Waals surface area contributed by atoms with Crippen LogP contribution < -0.4 is 30.5 Å². The molecule has 5 unspecified atom stereocenters. The first-order valence-corrected chi connectivity index (χ1v) is 13.9. The van der Waals surface area contributed by atoms with Crippen molar-refractivity contribution in [3.05, 3.63) is 40.9 Å². The van der Waals surface area contributed by atoms with Crippen LogP contribution in [0.1, 0.15) is 32.6 Å². The van der Waals surface area contributed by atoms with Crippen LogP contribution in [-0.2, 0) is 14.1 Å². The van der Waals surface area contributed by atoms with Crippen LogP contribution in [0.15, 0.2) is 35.3 Å². The summed E-state index contributed by atoms with van der Waals surface area (Å²) in [7, 11) is -1.88. The van der Waals surface area contributed by atoms with Crippen LogP contribution in [0.4, 0.5) is 10.2 Å². The fraction of sp³-hybridized carbons (Fsp3) is 0.522. The van der Waals surface area contributed by atoms with E-state index in [1.54, 1.807) is 39.0 Å². The van der Waals surface area contributed by atoms with Crippen molar-refractivity contribution in [1.82, 2.24) is 14.6 Å². The number of nitrogens with one attached hydrogen (secondary N) is 1. The third-order valence-electron chi connectivity index (χ3n) is 5.35. The van der Waals surface area contributed by atoms with E-state index in [1.807, 2.05) is 0 Å². The van der Waals surface area contributed by atoms with E-state index in [-0.39, 0.29) is 30.2 Å². The molecule has 0 radical (unpaired) electrons. The van der Waals surface area contributed by atoms with E-state index in [0.717, 1.165) is 0 Å². The Bertz CT molecular complexity index is 1160. The number of hydrogen-bond donors (Lipinski definition) is 2. The van der Waals surface area contributed by atoms with Crippen molar-refractivity contribution in [3.63, 3.8) is 0 Å². The van der Waals surface area contributed by atoms with Crippen LogP contribution in [0, 0.1) is 0 Å². The summed E-state index contributed by atoms with van der Waals surface area (Å²) in [6.07, 6.45) is 0.0422. The molecule has 2 aliphatic rings. The number of halogens is 1. The summed E-state index contributed by atoms with van der Waals surface area (Å²) >= 11 is 1.27. The van der Waals surface area contributed by atoms with E-state index in [9.17, 15) is 14.0 Å². The number of esters is 1. The second kappa shape index (κ2) is 12.3. The number of para-hydroxylation sites is 1. The minimum atomic E-state index is -1.88. The molecule has 14 heteroatoms. The topological polar surface area (TPSA) is 136 Å². The number of carbonyl (C=O) groups excluding carboxylic acids is 1. The first-order chi connectivity index (χ1) is 17.7. The zero-order valence-electron chi connectivity index (χ0n) is 20.7. The Hall–Kier alpha value is -2.60.